The summed E-state index contributed by atoms with van der Waals surface area (Å²) >= 11 is 0. The third-order valence-corrected chi connectivity index (χ3v) is 4.63. The molecule has 3 N–H and O–H groups in total. The van der Waals surface area contributed by atoms with Gasteiger partial charge in [0.25, 0.3) is 5.91 Å². The molecule has 8 nitrogen and oxygen atoms in total. The van der Waals surface area contributed by atoms with E-state index in [0.717, 1.165) is 17.7 Å². The lowest BCUT2D eigenvalue weighted by molar-refractivity contribution is 0.0951. The van der Waals surface area contributed by atoms with Gasteiger partial charge in [0.15, 0.2) is 17.5 Å². The van der Waals surface area contributed by atoms with Crippen molar-refractivity contribution in [1.29, 1.82) is 0 Å². The van der Waals surface area contributed by atoms with E-state index >= 15 is 0 Å². The van der Waals surface area contributed by atoms with E-state index in [9.17, 15) is 4.79 Å². The van der Waals surface area contributed by atoms with E-state index in [2.05, 4.69) is 20.9 Å². The van der Waals surface area contributed by atoms with E-state index in [1.807, 2.05) is 61.5 Å². The predicted octanol–water partition coefficient (Wildman–Crippen LogP) is 1.86. The van der Waals surface area contributed by atoms with Crippen LogP contribution in [0.3, 0.4) is 0 Å². The fourth-order valence-corrected chi connectivity index (χ4v) is 2.90. The maximum absolute atomic E-state index is 12.3. The zero-order valence-corrected chi connectivity index (χ0v) is 19.0. The number of carbonyl (C=O) groups is 1. The third kappa shape index (κ3) is 7.82. The second-order valence-corrected chi connectivity index (χ2v) is 7.23. The average Bonchev–Trinajstić information content (AvgIpc) is 2.78. The Morgan fingerprint density at radius 3 is 2.23 bits per heavy atom. The molecule has 0 heterocycles. The van der Waals surface area contributed by atoms with Gasteiger partial charge >= 0.3 is 0 Å². The molecule has 0 radical (unpaired) electrons. The molecular weight excluding hydrogens is 394 g/mol. The summed E-state index contributed by atoms with van der Waals surface area (Å²) in [6.07, 6.45) is 0. The number of nitrogens with zero attached hydrogens (tertiary/aromatic N) is 2. The number of guanidine groups is 1. The van der Waals surface area contributed by atoms with Crippen molar-refractivity contribution in [3.8, 4) is 11.5 Å². The number of aliphatic imine (C=N–C) groups is 1. The number of hydrogen-bond acceptors (Lipinski definition) is 5. The Labute approximate surface area is 184 Å². The number of rotatable bonds is 10. The highest BCUT2D eigenvalue weighted by Gasteiger charge is 2.08. The van der Waals surface area contributed by atoms with Crippen LogP contribution in [0.1, 0.15) is 21.5 Å². The highest BCUT2D eigenvalue weighted by molar-refractivity contribution is 5.94. The van der Waals surface area contributed by atoms with Crippen LogP contribution < -0.4 is 25.4 Å². The number of ether oxygens (including phenoxy) is 2. The molecule has 2 aromatic carbocycles. The summed E-state index contributed by atoms with van der Waals surface area (Å²) in [6.45, 7) is 2.54. The lowest BCUT2D eigenvalue weighted by atomic mass is 10.1. The molecule has 0 atom stereocenters. The Bertz CT molecular complexity index is 883. The van der Waals surface area contributed by atoms with Gasteiger partial charge in [0.1, 0.15) is 0 Å². The van der Waals surface area contributed by atoms with E-state index < -0.39 is 0 Å². The standard InChI is InChI=1S/C23H33N5O3/c1-24-23(27-16-18-9-10-20(30-4)21(14-18)31-5)26-15-17-7-6-8-19(13-17)22(29)25-11-12-28(2)3/h6-10,13-14H,11-12,15-16H2,1-5H3,(H,25,29)(H2,24,26,27). The van der Waals surface area contributed by atoms with Gasteiger partial charge in [0.05, 0.1) is 14.2 Å². The molecule has 0 fully saturated rings. The maximum atomic E-state index is 12.3. The number of hydrogen-bond donors (Lipinski definition) is 3. The topological polar surface area (TPSA) is 87.2 Å². The van der Waals surface area contributed by atoms with Crippen LogP contribution >= 0.6 is 0 Å². The maximum Gasteiger partial charge on any atom is 0.251 e. The quantitative estimate of drug-likeness (QED) is 0.396. The van der Waals surface area contributed by atoms with Gasteiger partial charge in [-0.05, 0) is 49.5 Å². The van der Waals surface area contributed by atoms with Gasteiger partial charge in [-0.3, -0.25) is 9.79 Å². The summed E-state index contributed by atoms with van der Waals surface area (Å²) in [4.78, 5) is 18.6. The average molecular weight is 428 g/mol. The fourth-order valence-electron chi connectivity index (χ4n) is 2.90. The van der Waals surface area contributed by atoms with Crippen LogP contribution in [0.25, 0.3) is 0 Å². The minimum absolute atomic E-state index is 0.0698. The minimum Gasteiger partial charge on any atom is -0.493 e. The number of amides is 1. The van der Waals surface area contributed by atoms with Gasteiger partial charge in [-0.2, -0.15) is 0 Å². The van der Waals surface area contributed by atoms with E-state index in [-0.39, 0.29) is 5.91 Å². The molecule has 0 unspecified atom stereocenters. The number of nitrogens with one attached hydrogen (secondary N) is 3. The first kappa shape index (κ1) is 24.0. The molecule has 0 saturated carbocycles. The summed E-state index contributed by atoms with van der Waals surface area (Å²) in [5.41, 5.74) is 2.68. The molecule has 2 aromatic rings. The molecule has 0 aromatic heterocycles. The molecule has 168 valence electrons. The largest absolute Gasteiger partial charge is 0.493 e. The Morgan fingerprint density at radius 1 is 0.935 bits per heavy atom. The normalized spacial score (nSPS) is 11.2. The Balaban J connectivity index is 1.89. The molecule has 0 spiro atoms. The summed E-state index contributed by atoms with van der Waals surface area (Å²) in [5, 5.41) is 9.49. The second kappa shape index (κ2) is 12.4. The van der Waals surface area contributed by atoms with E-state index in [1.165, 1.54) is 0 Å². The van der Waals surface area contributed by atoms with Crippen molar-refractivity contribution in [2.45, 2.75) is 13.1 Å². The predicted molar refractivity (Wildman–Crippen MR) is 124 cm³/mol. The van der Waals surface area contributed by atoms with Gasteiger partial charge in [-0.25, -0.2) is 0 Å². The molecule has 2 rings (SSSR count). The summed E-state index contributed by atoms with van der Waals surface area (Å²) in [7, 11) is 8.91. The van der Waals surface area contributed by atoms with Crippen molar-refractivity contribution >= 4 is 11.9 Å². The molecule has 1 amide bonds. The van der Waals surface area contributed by atoms with Gasteiger partial charge in [0, 0.05) is 38.8 Å². The minimum atomic E-state index is -0.0698. The lowest BCUT2D eigenvalue weighted by Gasteiger charge is -2.14. The van der Waals surface area contributed by atoms with Crippen molar-refractivity contribution < 1.29 is 14.3 Å². The number of methoxy groups -OCH3 is 2. The molecule has 0 aliphatic heterocycles. The van der Waals surface area contributed by atoms with Crippen LogP contribution in [0.4, 0.5) is 0 Å². The SMILES string of the molecule is CN=C(NCc1cccc(C(=O)NCCN(C)C)c1)NCc1ccc(OC)c(OC)c1. The van der Waals surface area contributed by atoms with Crippen LogP contribution in [0.2, 0.25) is 0 Å². The van der Waals surface area contributed by atoms with Crippen LogP contribution in [0.15, 0.2) is 47.5 Å². The Morgan fingerprint density at radius 2 is 1.61 bits per heavy atom. The fraction of sp³-hybridized carbons (Fsp3) is 0.391. The highest BCUT2D eigenvalue weighted by atomic mass is 16.5. The van der Waals surface area contributed by atoms with E-state index in [1.54, 1.807) is 21.3 Å². The zero-order valence-electron chi connectivity index (χ0n) is 19.0. The number of benzene rings is 2. The summed E-state index contributed by atoms with van der Waals surface area (Å²) < 4.78 is 10.6. The second-order valence-electron chi connectivity index (χ2n) is 7.23. The Kier molecular flexibility index (Phi) is 9.64. The highest BCUT2D eigenvalue weighted by Crippen LogP contribution is 2.27. The molecular formula is C23H33N5O3. The summed E-state index contributed by atoms with van der Waals surface area (Å²) in [6, 6.07) is 13.3. The summed E-state index contributed by atoms with van der Waals surface area (Å²) in [5.74, 6) is 1.97. The van der Waals surface area contributed by atoms with Crippen LogP contribution in [-0.4, -0.2) is 65.2 Å². The van der Waals surface area contributed by atoms with Crippen molar-refractivity contribution in [2.75, 3.05) is 48.5 Å². The van der Waals surface area contributed by atoms with Crippen molar-refractivity contribution in [1.82, 2.24) is 20.9 Å². The Hall–Kier alpha value is -3.26. The lowest BCUT2D eigenvalue weighted by Crippen LogP contribution is -2.36. The van der Waals surface area contributed by atoms with Crippen molar-refractivity contribution in [3.05, 3.63) is 59.2 Å². The monoisotopic (exact) mass is 427 g/mol. The number of carbonyl (C=O) groups excluding carboxylic acids is 1. The first-order valence-electron chi connectivity index (χ1n) is 10.1. The molecule has 8 heteroatoms. The molecule has 31 heavy (non-hydrogen) atoms. The van der Waals surface area contributed by atoms with Crippen molar-refractivity contribution in [2.24, 2.45) is 4.99 Å². The third-order valence-electron chi connectivity index (χ3n) is 4.63. The van der Waals surface area contributed by atoms with Crippen LogP contribution in [-0.2, 0) is 13.1 Å². The molecule has 0 aliphatic carbocycles. The van der Waals surface area contributed by atoms with Crippen molar-refractivity contribution in [3.63, 3.8) is 0 Å². The van der Waals surface area contributed by atoms with E-state index in [4.69, 9.17) is 9.47 Å². The first-order chi connectivity index (χ1) is 15.0. The molecule has 0 aliphatic rings. The van der Waals surface area contributed by atoms with E-state index in [0.29, 0.717) is 42.7 Å². The smallest absolute Gasteiger partial charge is 0.251 e. The van der Waals surface area contributed by atoms with Crippen LogP contribution in [0.5, 0.6) is 11.5 Å². The van der Waals surface area contributed by atoms with Gasteiger partial charge in [-0.1, -0.05) is 18.2 Å². The molecule has 0 bridgehead atoms. The molecule has 0 saturated heterocycles. The zero-order chi connectivity index (χ0) is 22.6. The first-order valence-corrected chi connectivity index (χ1v) is 10.1. The number of likely N-dealkylation sites (N-methyl/N-ethyl adjacent to an activating group) is 1. The van der Waals surface area contributed by atoms with Gasteiger partial charge in [-0.15, -0.1) is 0 Å². The van der Waals surface area contributed by atoms with Gasteiger partial charge < -0.3 is 30.3 Å². The van der Waals surface area contributed by atoms with Gasteiger partial charge in [0.2, 0.25) is 0 Å². The van der Waals surface area contributed by atoms with Crippen LogP contribution in [0, 0.1) is 0 Å².